The highest BCUT2D eigenvalue weighted by molar-refractivity contribution is 6.39. The lowest BCUT2D eigenvalue weighted by Crippen LogP contribution is -2.29. The van der Waals surface area contributed by atoms with Gasteiger partial charge in [0.05, 0.1) is 0 Å². The zero-order chi connectivity index (χ0) is 18.0. The molecule has 0 atom stereocenters. The molecule has 0 aromatic heterocycles. The molecule has 0 unspecified atom stereocenters. The number of ketones is 1. The van der Waals surface area contributed by atoms with E-state index in [-0.39, 0.29) is 5.70 Å². The van der Waals surface area contributed by atoms with Crippen LogP contribution in [0, 0.1) is 0 Å². The number of carbonyl (C=O) groups excluding carboxylic acids is 3. The molecule has 2 aromatic carbocycles. The van der Waals surface area contributed by atoms with Crippen molar-refractivity contribution >= 4 is 29.4 Å². The van der Waals surface area contributed by atoms with Crippen LogP contribution in [0.15, 0.2) is 71.9 Å². The average molecular weight is 333 g/mol. The number of nitrogens with zero attached hydrogens (tertiary/aromatic N) is 1. The number of benzene rings is 2. The lowest BCUT2D eigenvalue weighted by Gasteiger charge is -2.11. The summed E-state index contributed by atoms with van der Waals surface area (Å²) in [6.07, 6.45) is 1.47. The fraction of sp³-hybridized carbons (Fsp3) is 0.0500. The zero-order valence-electron chi connectivity index (χ0n) is 13.5. The van der Waals surface area contributed by atoms with Gasteiger partial charge in [0.25, 0.3) is 5.91 Å². The number of aliphatic hydroxyl groups excluding tert-OH is 1. The van der Waals surface area contributed by atoms with Gasteiger partial charge in [-0.15, -0.1) is 0 Å². The van der Waals surface area contributed by atoms with Crippen molar-refractivity contribution in [3.63, 3.8) is 0 Å². The lowest BCUT2D eigenvalue weighted by atomic mass is 10.0. The molecule has 0 saturated carbocycles. The van der Waals surface area contributed by atoms with E-state index in [2.05, 4.69) is 0 Å². The van der Waals surface area contributed by atoms with Crippen molar-refractivity contribution < 1.29 is 19.5 Å². The number of allylic oxidation sites excluding steroid dienone is 1. The summed E-state index contributed by atoms with van der Waals surface area (Å²) in [5, 5.41) is 10.4. The molecule has 1 aliphatic heterocycles. The molecule has 1 aliphatic rings. The molecule has 124 valence electrons. The first-order valence-electron chi connectivity index (χ1n) is 7.66. The molecule has 1 N–H and O–H groups in total. The van der Waals surface area contributed by atoms with Gasteiger partial charge in [-0.1, -0.05) is 60.7 Å². The van der Waals surface area contributed by atoms with E-state index >= 15 is 0 Å². The Bertz CT molecular complexity index is 911. The van der Waals surface area contributed by atoms with Gasteiger partial charge >= 0.3 is 0 Å². The Balaban J connectivity index is 2.15. The highest BCUT2D eigenvalue weighted by Crippen LogP contribution is 2.30. The van der Waals surface area contributed by atoms with E-state index in [1.807, 2.05) is 6.07 Å². The van der Waals surface area contributed by atoms with Gasteiger partial charge in [-0.2, -0.15) is 0 Å². The third-order valence-corrected chi connectivity index (χ3v) is 3.82. The first kappa shape index (κ1) is 16.4. The van der Waals surface area contributed by atoms with Gasteiger partial charge in [-0.25, -0.2) is 4.90 Å². The summed E-state index contributed by atoms with van der Waals surface area (Å²) >= 11 is 0. The maximum absolute atomic E-state index is 12.7. The predicted octanol–water partition coefficient (Wildman–Crippen LogP) is 2.95. The maximum atomic E-state index is 12.7. The van der Waals surface area contributed by atoms with Crippen LogP contribution < -0.4 is 0 Å². The maximum Gasteiger partial charge on any atom is 0.273 e. The van der Waals surface area contributed by atoms with E-state index in [0.717, 1.165) is 4.90 Å². The van der Waals surface area contributed by atoms with Gasteiger partial charge in [-0.05, 0) is 11.6 Å². The number of likely N-dealkylation sites (tertiary alicyclic amines) is 1. The molecule has 2 aromatic rings. The summed E-state index contributed by atoms with van der Waals surface area (Å²) in [5.74, 6) is -2.51. The summed E-state index contributed by atoms with van der Waals surface area (Å²) in [5.41, 5.74) is 0.541. The van der Waals surface area contributed by atoms with E-state index in [9.17, 15) is 19.5 Å². The largest absolute Gasteiger partial charge is 0.506 e. The summed E-state index contributed by atoms with van der Waals surface area (Å²) in [4.78, 5) is 38.1. The Labute approximate surface area is 144 Å². The molecule has 0 radical (unpaired) electrons. The number of amides is 2. The van der Waals surface area contributed by atoms with Gasteiger partial charge in [0.2, 0.25) is 11.7 Å². The quantitative estimate of drug-likeness (QED) is 0.521. The fourth-order valence-corrected chi connectivity index (χ4v) is 2.65. The smallest absolute Gasteiger partial charge is 0.273 e. The van der Waals surface area contributed by atoms with Crippen LogP contribution in [0.2, 0.25) is 0 Å². The number of carbonyl (C=O) groups is 3. The molecule has 3 rings (SSSR count). The Kier molecular flexibility index (Phi) is 4.31. The van der Waals surface area contributed by atoms with Crippen LogP contribution in [0.4, 0.5) is 0 Å². The molecule has 0 bridgehead atoms. The molecule has 1 fully saturated rings. The van der Waals surface area contributed by atoms with Gasteiger partial charge in [0.1, 0.15) is 17.0 Å². The number of aliphatic hydroxyl groups is 1. The SMILES string of the molecule is CC(=O)N1C(=O)C(=C(O)c2ccccc2)C(=O)/C1=C/c1ccccc1. The standard InChI is InChI=1S/C20H15NO4/c1-13(22)21-16(12-14-8-4-2-5-9-14)19(24)17(20(21)25)18(23)15-10-6-3-7-11-15/h2-12,23H,1H3/b16-12-,18-17?. The van der Waals surface area contributed by atoms with Crippen LogP contribution >= 0.6 is 0 Å². The number of rotatable bonds is 2. The van der Waals surface area contributed by atoms with Gasteiger partial charge in [0.15, 0.2) is 0 Å². The minimum atomic E-state index is -0.818. The Hall–Kier alpha value is -3.47. The molecule has 1 heterocycles. The van der Waals surface area contributed by atoms with Crippen molar-refractivity contribution in [1.29, 1.82) is 0 Å². The monoisotopic (exact) mass is 333 g/mol. The normalized spacial score (nSPS) is 18.0. The minimum absolute atomic E-state index is 0.0684. The van der Waals surface area contributed by atoms with E-state index in [4.69, 9.17) is 0 Å². The molecule has 1 saturated heterocycles. The van der Waals surface area contributed by atoms with Gasteiger partial charge in [0, 0.05) is 12.5 Å². The molecular formula is C20H15NO4. The number of imide groups is 1. The van der Waals surface area contributed by atoms with Crippen molar-refractivity contribution in [1.82, 2.24) is 4.90 Å². The topological polar surface area (TPSA) is 74.7 Å². The second-order valence-electron chi connectivity index (χ2n) is 5.52. The molecule has 2 amide bonds. The Morgan fingerprint density at radius 1 is 0.960 bits per heavy atom. The highest BCUT2D eigenvalue weighted by Gasteiger charge is 2.43. The number of hydrogen-bond donors (Lipinski definition) is 1. The van der Waals surface area contributed by atoms with E-state index < -0.39 is 28.9 Å². The lowest BCUT2D eigenvalue weighted by molar-refractivity contribution is -0.137. The van der Waals surface area contributed by atoms with Gasteiger partial charge in [-0.3, -0.25) is 14.4 Å². The fourth-order valence-electron chi connectivity index (χ4n) is 2.65. The predicted molar refractivity (Wildman–Crippen MR) is 92.9 cm³/mol. The van der Waals surface area contributed by atoms with E-state index in [1.165, 1.54) is 13.0 Å². The summed E-state index contributed by atoms with van der Waals surface area (Å²) < 4.78 is 0. The van der Waals surface area contributed by atoms with Crippen molar-refractivity contribution in [2.75, 3.05) is 0 Å². The Morgan fingerprint density at radius 3 is 2.08 bits per heavy atom. The minimum Gasteiger partial charge on any atom is -0.506 e. The van der Waals surface area contributed by atoms with E-state index in [0.29, 0.717) is 11.1 Å². The number of Topliss-reactive ketones (excluding diaryl/α,β-unsaturated/α-hetero) is 1. The Morgan fingerprint density at radius 2 is 1.52 bits per heavy atom. The zero-order valence-corrected chi connectivity index (χ0v) is 13.5. The van der Waals surface area contributed by atoms with Gasteiger partial charge < -0.3 is 5.11 Å². The highest BCUT2D eigenvalue weighted by atomic mass is 16.3. The first-order valence-corrected chi connectivity index (χ1v) is 7.66. The second-order valence-corrected chi connectivity index (χ2v) is 5.52. The van der Waals surface area contributed by atoms with Crippen molar-refractivity contribution in [3.8, 4) is 0 Å². The first-order chi connectivity index (χ1) is 12.0. The van der Waals surface area contributed by atoms with Crippen LogP contribution in [0.1, 0.15) is 18.1 Å². The average Bonchev–Trinajstić information content (AvgIpc) is 2.86. The van der Waals surface area contributed by atoms with Crippen LogP contribution in [0.5, 0.6) is 0 Å². The summed E-state index contributed by atoms with van der Waals surface area (Å²) in [6, 6.07) is 17.2. The van der Waals surface area contributed by atoms with Crippen molar-refractivity contribution in [2.45, 2.75) is 6.92 Å². The second kappa shape index (κ2) is 6.57. The summed E-state index contributed by atoms with van der Waals surface area (Å²) in [7, 11) is 0. The van der Waals surface area contributed by atoms with E-state index in [1.54, 1.807) is 54.6 Å². The van der Waals surface area contributed by atoms with Crippen LogP contribution in [0.3, 0.4) is 0 Å². The molecule has 5 nitrogen and oxygen atoms in total. The molecule has 0 spiro atoms. The molecule has 25 heavy (non-hydrogen) atoms. The van der Waals surface area contributed by atoms with Crippen LogP contribution in [0.25, 0.3) is 11.8 Å². The molecular weight excluding hydrogens is 318 g/mol. The van der Waals surface area contributed by atoms with Crippen LogP contribution in [-0.2, 0) is 14.4 Å². The van der Waals surface area contributed by atoms with Crippen LogP contribution in [-0.4, -0.2) is 27.6 Å². The van der Waals surface area contributed by atoms with Crippen molar-refractivity contribution in [3.05, 3.63) is 83.1 Å². The third-order valence-electron chi connectivity index (χ3n) is 3.82. The van der Waals surface area contributed by atoms with Crippen molar-refractivity contribution in [2.24, 2.45) is 0 Å². The summed E-state index contributed by atoms with van der Waals surface area (Å²) in [6.45, 7) is 1.20. The third kappa shape index (κ3) is 2.99. The molecule has 5 heteroatoms. The molecule has 0 aliphatic carbocycles. The number of hydrogen-bond acceptors (Lipinski definition) is 4.